The molecular weight excluding hydrogens is 358 g/mol. The average molecular weight is 378 g/mol. The second-order valence-corrected chi connectivity index (χ2v) is 5.87. The molecule has 0 atom stereocenters. The minimum Gasteiger partial charge on any atom is -0.493 e. The molecule has 0 aliphatic carbocycles. The minimum absolute atomic E-state index is 0.0657. The van der Waals surface area contributed by atoms with E-state index in [1.807, 2.05) is 6.92 Å². The van der Waals surface area contributed by atoms with Crippen LogP contribution in [0.5, 0.6) is 11.5 Å². The first-order valence-electron chi connectivity index (χ1n) is 8.07. The molecule has 7 heteroatoms. The highest BCUT2D eigenvalue weighted by molar-refractivity contribution is 6.32. The molecule has 138 valence electrons. The highest BCUT2D eigenvalue weighted by Crippen LogP contribution is 2.36. The van der Waals surface area contributed by atoms with Crippen LogP contribution < -0.4 is 14.8 Å². The zero-order valence-corrected chi connectivity index (χ0v) is 15.3. The number of nitrogens with one attached hydrogen (secondary N) is 1. The van der Waals surface area contributed by atoms with E-state index in [1.165, 1.54) is 13.2 Å². The molecule has 2 aromatic carbocycles. The van der Waals surface area contributed by atoms with Crippen molar-refractivity contribution < 1.29 is 24.2 Å². The van der Waals surface area contributed by atoms with Crippen LogP contribution in [0, 0.1) is 0 Å². The standard InChI is InChI=1S/C19H20ClNO5/c1-3-26-18-15(20)10-13(11-16(18)25-2)19(24)21-14-7-4-12(5-8-14)6-9-17(22)23/h4-5,7-8,10-11H,3,6,9H2,1-2H3,(H,21,24)(H,22,23). The van der Waals surface area contributed by atoms with Gasteiger partial charge >= 0.3 is 5.97 Å². The molecule has 0 aromatic heterocycles. The summed E-state index contributed by atoms with van der Waals surface area (Å²) in [6.07, 6.45) is 0.505. The molecule has 0 unspecified atom stereocenters. The number of benzene rings is 2. The van der Waals surface area contributed by atoms with Gasteiger partial charge in [0.25, 0.3) is 5.91 Å². The molecule has 1 amide bonds. The van der Waals surface area contributed by atoms with Crippen LogP contribution in [0.1, 0.15) is 29.3 Å². The SMILES string of the molecule is CCOc1c(Cl)cc(C(=O)Nc2ccc(CCC(=O)O)cc2)cc1OC. The number of carbonyl (C=O) groups excluding carboxylic acids is 1. The molecule has 2 aromatic rings. The van der Waals surface area contributed by atoms with Crippen molar-refractivity contribution in [2.45, 2.75) is 19.8 Å². The molecule has 2 rings (SSSR count). The molecule has 0 saturated carbocycles. The number of methoxy groups -OCH3 is 1. The normalized spacial score (nSPS) is 10.3. The number of anilines is 1. The molecule has 0 fully saturated rings. The van der Waals surface area contributed by atoms with Crippen molar-refractivity contribution in [2.24, 2.45) is 0 Å². The first kappa shape index (κ1) is 19.6. The maximum Gasteiger partial charge on any atom is 0.303 e. The Morgan fingerprint density at radius 1 is 1.19 bits per heavy atom. The van der Waals surface area contributed by atoms with E-state index in [4.69, 9.17) is 26.2 Å². The van der Waals surface area contributed by atoms with Gasteiger partial charge < -0.3 is 19.9 Å². The maximum absolute atomic E-state index is 12.5. The van der Waals surface area contributed by atoms with Crippen molar-refractivity contribution in [1.82, 2.24) is 0 Å². The number of carbonyl (C=O) groups is 2. The van der Waals surface area contributed by atoms with E-state index < -0.39 is 5.97 Å². The number of amides is 1. The third kappa shape index (κ3) is 5.13. The number of aliphatic carboxylic acids is 1. The van der Waals surface area contributed by atoms with Gasteiger partial charge in [-0.25, -0.2) is 0 Å². The lowest BCUT2D eigenvalue weighted by atomic mass is 10.1. The molecule has 26 heavy (non-hydrogen) atoms. The molecule has 0 aliphatic rings. The summed E-state index contributed by atoms with van der Waals surface area (Å²) in [4.78, 5) is 23.1. The van der Waals surface area contributed by atoms with E-state index in [-0.39, 0.29) is 12.3 Å². The highest BCUT2D eigenvalue weighted by Gasteiger charge is 2.16. The summed E-state index contributed by atoms with van der Waals surface area (Å²) in [6.45, 7) is 2.26. The molecule has 0 bridgehead atoms. The lowest BCUT2D eigenvalue weighted by Gasteiger charge is -2.13. The van der Waals surface area contributed by atoms with Crippen molar-refractivity contribution in [3.05, 3.63) is 52.5 Å². The Hall–Kier alpha value is -2.73. The summed E-state index contributed by atoms with van der Waals surface area (Å²) in [5, 5.41) is 11.8. The van der Waals surface area contributed by atoms with E-state index in [9.17, 15) is 9.59 Å². The zero-order valence-electron chi connectivity index (χ0n) is 14.5. The Morgan fingerprint density at radius 3 is 2.46 bits per heavy atom. The number of hydrogen-bond acceptors (Lipinski definition) is 4. The minimum atomic E-state index is -0.844. The van der Waals surface area contributed by atoms with E-state index in [0.717, 1.165) is 5.56 Å². The summed E-state index contributed by atoms with van der Waals surface area (Å²) in [7, 11) is 1.48. The van der Waals surface area contributed by atoms with Crippen LogP contribution in [0.3, 0.4) is 0 Å². The Kier molecular flexibility index (Phi) is 6.86. The molecule has 6 nitrogen and oxygen atoms in total. The maximum atomic E-state index is 12.5. The predicted octanol–water partition coefficient (Wildman–Crippen LogP) is 4.02. The van der Waals surface area contributed by atoms with Crippen molar-refractivity contribution in [3.63, 3.8) is 0 Å². The lowest BCUT2D eigenvalue weighted by molar-refractivity contribution is -0.136. The number of carboxylic acid groups (broad SMARTS) is 1. The number of halogens is 1. The van der Waals surface area contributed by atoms with Gasteiger partial charge in [-0.1, -0.05) is 23.7 Å². The topological polar surface area (TPSA) is 84.9 Å². The van der Waals surface area contributed by atoms with Crippen LogP contribution in [-0.2, 0) is 11.2 Å². The number of carboxylic acids is 1. The van der Waals surface area contributed by atoms with Crippen LogP contribution in [0.25, 0.3) is 0 Å². The number of aryl methyl sites for hydroxylation is 1. The van der Waals surface area contributed by atoms with E-state index in [0.29, 0.717) is 40.8 Å². The fraction of sp³-hybridized carbons (Fsp3) is 0.263. The van der Waals surface area contributed by atoms with E-state index in [1.54, 1.807) is 30.3 Å². The fourth-order valence-corrected chi connectivity index (χ4v) is 2.61. The number of hydrogen-bond donors (Lipinski definition) is 2. The molecule has 2 N–H and O–H groups in total. The summed E-state index contributed by atoms with van der Waals surface area (Å²) >= 11 is 6.19. The Balaban J connectivity index is 2.12. The largest absolute Gasteiger partial charge is 0.493 e. The van der Waals surface area contributed by atoms with Crippen LogP contribution >= 0.6 is 11.6 Å². The molecular formula is C19H20ClNO5. The molecule has 0 radical (unpaired) electrons. The second kappa shape index (κ2) is 9.10. The average Bonchev–Trinajstić information content (AvgIpc) is 2.62. The molecule has 0 aliphatic heterocycles. The van der Waals surface area contributed by atoms with Crippen LogP contribution in [-0.4, -0.2) is 30.7 Å². The van der Waals surface area contributed by atoms with E-state index in [2.05, 4.69) is 5.32 Å². The zero-order chi connectivity index (χ0) is 19.1. The van der Waals surface area contributed by atoms with Gasteiger partial charge in [0.05, 0.1) is 18.7 Å². The fourth-order valence-electron chi connectivity index (χ4n) is 2.34. The Morgan fingerprint density at radius 2 is 1.88 bits per heavy atom. The first-order chi connectivity index (χ1) is 12.4. The third-order valence-electron chi connectivity index (χ3n) is 3.62. The summed E-state index contributed by atoms with van der Waals surface area (Å²) in [5.41, 5.74) is 1.82. The van der Waals surface area contributed by atoms with Gasteiger partial charge in [-0.3, -0.25) is 9.59 Å². The Labute approximate surface area is 156 Å². The van der Waals surface area contributed by atoms with Gasteiger partial charge in [-0.15, -0.1) is 0 Å². The van der Waals surface area contributed by atoms with E-state index >= 15 is 0 Å². The smallest absolute Gasteiger partial charge is 0.303 e. The van der Waals surface area contributed by atoms with Gasteiger partial charge in [-0.2, -0.15) is 0 Å². The van der Waals surface area contributed by atoms with Crippen LogP contribution in [0.2, 0.25) is 5.02 Å². The molecule has 0 heterocycles. The van der Waals surface area contributed by atoms with Crippen molar-refractivity contribution in [2.75, 3.05) is 19.0 Å². The third-order valence-corrected chi connectivity index (χ3v) is 3.90. The summed E-state index contributed by atoms with van der Waals surface area (Å²) in [6, 6.07) is 10.1. The van der Waals surface area contributed by atoms with Crippen molar-refractivity contribution >= 4 is 29.2 Å². The summed E-state index contributed by atoms with van der Waals surface area (Å²) < 4.78 is 10.7. The van der Waals surface area contributed by atoms with Crippen molar-refractivity contribution in [3.8, 4) is 11.5 Å². The van der Waals surface area contributed by atoms with Crippen molar-refractivity contribution in [1.29, 1.82) is 0 Å². The molecule has 0 saturated heterocycles. The number of rotatable bonds is 8. The number of ether oxygens (including phenoxy) is 2. The van der Waals surface area contributed by atoms with Gasteiger partial charge in [0.2, 0.25) is 0 Å². The van der Waals surface area contributed by atoms with Crippen LogP contribution in [0.15, 0.2) is 36.4 Å². The van der Waals surface area contributed by atoms with Gasteiger partial charge in [0, 0.05) is 17.7 Å². The second-order valence-electron chi connectivity index (χ2n) is 5.47. The van der Waals surface area contributed by atoms with Crippen LogP contribution in [0.4, 0.5) is 5.69 Å². The highest BCUT2D eigenvalue weighted by atomic mass is 35.5. The summed E-state index contributed by atoms with van der Waals surface area (Å²) in [5.74, 6) is -0.403. The van der Waals surface area contributed by atoms with Gasteiger partial charge in [0.15, 0.2) is 11.5 Å². The van der Waals surface area contributed by atoms with Gasteiger partial charge in [0.1, 0.15) is 0 Å². The quantitative estimate of drug-likeness (QED) is 0.725. The first-order valence-corrected chi connectivity index (χ1v) is 8.44. The predicted molar refractivity (Wildman–Crippen MR) is 99.5 cm³/mol. The molecule has 0 spiro atoms. The Bertz CT molecular complexity index is 789. The monoisotopic (exact) mass is 377 g/mol. The van der Waals surface area contributed by atoms with Gasteiger partial charge in [-0.05, 0) is 43.2 Å². The lowest BCUT2D eigenvalue weighted by Crippen LogP contribution is -2.12.